The van der Waals surface area contributed by atoms with Gasteiger partial charge in [0.1, 0.15) is 5.02 Å². The highest BCUT2D eigenvalue weighted by Gasteiger charge is 2.29. The zero-order valence-corrected chi connectivity index (χ0v) is 10.8. The number of hydrogen-bond acceptors (Lipinski definition) is 5. The maximum Gasteiger partial charge on any atom is 0.318 e. The molecule has 2 heterocycles. The van der Waals surface area contributed by atoms with E-state index in [2.05, 4.69) is 22.2 Å². The predicted octanol–water partition coefficient (Wildman–Crippen LogP) is 2.12. The highest BCUT2D eigenvalue weighted by Crippen LogP contribution is 2.27. The lowest BCUT2D eigenvalue weighted by atomic mass is 10.0. The van der Waals surface area contributed by atoms with Gasteiger partial charge in [0.25, 0.3) is 0 Å². The van der Waals surface area contributed by atoms with Gasteiger partial charge in [0.2, 0.25) is 0 Å². The third-order valence-electron chi connectivity index (χ3n) is 2.83. The molecule has 1 aromatic rings. The summed E-state index contributed by atoms with van der Waals surface area (Å²) in [6.45, 7) is 3.57. The van der Waals surface area contributed by atoms with Crippen LogP contribution in [0.25, 0.3) is 0 Å². The van der Waals surface area contributed by atoms with Gasteiger partial charge in [-0.1, -0.05) is 11.6 Å². The number of hydrogen-bond donors (Lipinski definition) is 1. The topological polar surface area (TPSA) is 56.3 Å². The minimum absolute atomic E-state index is 0.137. The van der Waals surface area contributed by atoms with Crippen LogP contribution in [0.15, 0.2) is 6.20 Å². The van der Waals surface area contributed by atoms with Crippen molar-refractivity contribution < 1.29 is 9.47 Å². The average Bonchev–Trinajstić information content (AvgIpc) is 2.76. The molecule has 0 radical (unpaired) electrons. The standard InChI is InChI=1S/C11H16ClN3O2/c1-11(4-3-5-17-11)7-14-9-8(12)6-13-10(15-9)16-2/h6H,3-5,7H2,1-2H3,(H,13,14,15). The van der Waals surface area contributed by atoms with Gasteiger partial charge in [-0.05, 0) is 19.8 Å². The summed E-state index contributed by atoms with van der Waals surface area (Å²) in [7, 11) is 1.52. The number of rotatable bonds is 4. The third-order valence-corrected chi connectivity index (χ3v) is 3.11. The second kappa shape index (κ2) is 5.06. The Balaban J connectivity index is 2.02. The number of halogens is 1. The second-order valence-corrected chi connectivity index (χ2v) is 4.72. The molecule has 5 nitrogen and oxygen atoms in total. The van der Waals surface area contributed by atoms with Gasteiger partial charge in [-0.2, -0.15) is 4.98 Å². The monoisotopic (exact) mass is 257 g/mol. The molecular weight excluding hydrogens is 242 g/mol. The molecule has 94 valence electrons. The Hall–Kier alpha value is -1.07. The van der Waals surface area contributed by atoms with Gasteiger partial charge in [0.15, 0.2) is 5.82 Å². The Bertz CT molecular complexity index is 394. The molecule has 0 bridgehead atoms. The van der Waals surface area contributed by atoms with Crippen LogP contribution >= 0.6 is 11.6 Å². The fourth-order valence-electron chi connectivity index (χ4n) is 1.82. The number of nitrogens with zero attached hydrogens (tertiary/aromatic N) is 2. The first kappa shape index (κ1) is 12.4. The van der Waals surface area contributed by atoms with E-state index < -0.39 is 0 Å². The zero-order valence-electron chi connectivity index (χ0n) is 9.99. The Morgan fingerprint density at radius 1 is 1.65 bits per heavy atom. The summed E-state index contributed by atoms with van der Waals surface area (Å²) in [5.74, 6) is 0.579. The zero-order chi connectivity index (χ0) is 12.3. The number of nitrogens with one attached hydrogen (secondary N) is 1. The maximum atomic E-state index is 6.00. The molecule has 0 aliphatic carbocycles. The number of anilines is 1. The van der Waals surface area contributed by atoms with Crippen LogP contribution in [0, 0.1) is 0 Å². The van der Waals surface area contributed by atoms with E-state index in [1.165, 1.54) is 13.3 Å². The maximum absolute atomic E-state index is 6.00. The summed E-state index contributed by atoms with van der Waals surface area (Å²) < 4.78 is 10.6. The van der Waals surface area contributed by atoms with Crippen LogP contribution < -0.4 is 10.1 Å². The van der Waals surface area contributed by atoms with E-state index in [1.54, 1.807) is 0 Å². The summed E-state index contributed by atoms with van der Waals surface area (Å²) >= 11 is 6.00. The van der Waals surface area contributed by atoms with E-state index in [9.17, 15) is 0 Å². The first-order valence-electron chi connectivity index (χ1n) is 5.57. The van der Waals surface area contributed by atoms with Gasteiger partial charge in [-0.15, -0.1) is 0 Å². The van der Waals surface area contributed by atoms with Crippen molar-refractivity contribution >= 4 is 17.4 Å². The van der Waals surface area contributed by atoms with Crippen LogP contribution in [0.2, 0.25) is 5.02 Å². The van der Waals surface area contributed by atoms with E-state index in [4.69, 9.17) is 21.1 Å². The fraction of sp³-hybridized carbons (Fsp3) is 0.636. The van der Waals surface area contributed by atoms with Crippen molar-refractivity contribution in [3.8, 4) is 6.01 Å². The van der Waals surface area contributed by atoms with Crippen molar-refractivity contribution in [3.05, 3.63) is 11.2 Å². The van der Waals surface area contributed by atoms with Gasteiger partial charge in [-0.3, -0.25) is 0 Å². The van der Waals surface area contributed by atoms with Crippen LogP contribution in [0.3, 0.4) is 0 Å². The summed E-state index contributed by atoms with van der Waals surface area (Å²) in [4.78, 5) is 8.07. The molecule has 1 unspecified atom stereocenters. The average molecular weight is 258 g/mol. The third kappa shape index (κ3) is 2.98. The SMILES string of the molecule is COc1ncc(Cl)c(NCC2(C)CCCO2)n1. The van der Waals surface area contributed by atoms with Crippen molar-refractivity contribution in [1.29, 1.82) is 0 Å². The summed E-state index contributed by atoms with van der Waals surface area (Å²) in [5, 5.41) is 3.66. The van der Waals surface area contributed by atoms with Gasteiger partial charge in [0, 0.05) is 13.2 Å². The Morgan fingerprint density at radius 2 is 2.47 bits per heavy atom. The van der Waals surface area contributed by atoms with Crippen LogP contribution in [-0.2, 0) is 4.74 Å². The molecule has 0 amide bonds. The molecule has 17 heavy (non-hydrogen) atoms. The molecule has 1 fully saturated rings. The highest BCUT2D eigenvalue weighted by atomic mass is 35.5. The Kier molecular flexibility index (Phi) is 3.69. The second-order valence-electron chi connectivity index (χ2n) is 4.31. The predicted molar refractivity (Wildman–Crippen MR) is 65.7 cm³/mol. The van der Waals surface area contributed by atoms with Crippen molar-refractivity contribution in [2.45, 2.75) is 25.4 Å². The largest absolute Gasteiger partial charge is 0.467 e. The van der Waals surface area contributed by atoms with Crippen molar-refractivity contribution in [2.75, 3.05) is 25.6 Å². The van der Waals surface area contributed by atoms with Crippen molar-refractivity contribution in [3.63, 3.8) is 0 Å². The normalized spacial score (nSPS) is 23.7. The molecular formula is C11H16ClN3O2. The first-order chi connectivity index (χ1) is 8.13. The molecule has 1 saturated heterocycles. The smallest absolute Gasteiger partial charge is 0.318 e. The minimum atomic E-state index is -0.137. The summed E-state index contributed by atoms with van der Waals surface area (Å²) in [6, 6.07) is 0.300. The lowest BCUT2D eigenvalue weighted by Crippen LogP contribution is -2.32. The molecule has 0 aromatic carbocycles. The number of aromatic nitrogens is 2. The van der Waals surface area contributed by atoms with Crippen LogP contribution in [-0.4, -0.2) is 35.8 Å². The van der Waals surface area contributed by atoms with Gasteiger partial charge in [0.05, 0.1) is 18.9 Å². The molecule has 2 rings (SSSR count). The molecule has 1 aliphatic rings. The van der Waals surface area contributed by atoms with E-state index in [0.717, 1.165) is 19.4 Å². The fourth-order valence-corrected chi connectivity index (χ4v) is 1.98. The van der Waals surface area contributed by atoms with E-state index >= 15 is 0 Å². The van der Waals surface area contributed by atoms with Crippen molar-refractivity contribution in [2.24, 2.45) is 0 Å². The van der Waals surface area contributed by atoms with Gasteiger partial charge < -0.3 is 14.8 Å². The van der Waals surface area contributed by atoms with Gasteiger partial charge in [-0.25, -0.2) is 4.98 Å². The highest BCUT2D eigenvalue weighted by molar-refractivity contribution is 6.32. The summed E-state index contributed by atoms with van der Waals surface area (Å²) in [6.07, 6.45) is 3.66. The van der Waals surface area contributed by atoms with E-state index in [-0.39, 0.29) is 5.60 Å². The lowest BCUT2D eigenvalue weighted by molar-refractivity contribution is 0.0314. The lowest BCUT2D eigenvalue weighted by Gasteiger charge is -2.23. The molecule has 1 atom stereocenters. The molecule has 1 N–H and O–H groups in total. The number of ether oxygens (including phenoxy) is 2. The first-order valence-corrected chi connectivity index (χ1v) is 5.95. The molecule has 1 aromatic heterocycles. The Morgan fingerprint density at radius 3 is 3.12 bits per heavy atom. The quantitative estimate of drug-likeness (QED) is 0.895. The van der Waals surface area contributed by atoms with Crippen LogP contribution in [0.4, 0.5) is 5.82 Å². The van der Waals surface area contributed by atoms with Gasteiger partial charge >= 0.3 is 6.01 Å². The molecule has 0 saturated carbocycles. The van der Waals surface area contributed by atoms with E-state index in [1.807, 2.05) is 0 Å². The minimum Gasteiger partial charge on any atom is -0.467 e. The van der Waals surface area contributed by atoms with Crippen LogP contribution in [0.1, 0.15) is 19.8 Å². The number of methoxy groups -OCH3 is 1. The van der Waals surface area contributed by atoms with Crippen LogP contribution in [0.5, 0.6) is 6.01 Å². The van der Waals surface area contributed by atoms with E-state index in [0.29, 0.717) is 23.4 Å². The van der Waals surface area contributed by atoms with Crippen molar-refractivity contribution in [1.82, 2.24) is 9.97 Å². The molecule has 0 spiro atoms. The molecule has 6 heteroatoms. The summed E-state index contributed by atoms with van der Waals surface area (Å²) in [5.41, 5.74) is -0.137. The molecule has 1 aliphatic heterocycles. The Labute approximate surface area is 105 Å².